The lowest BCUT2D eigenvalue weighted by molar-refractivity contribution is 0.0697. The van der Waals surface area contributed by atoms with Crippen LogP contribution < -0.4 is 11.1 Å². The van der Waals surface area contributed by atoms with Gasteiger partial charge in [0.25, 0.3) is 0 Å². The minimum absolute atomic E-state index is 0.110. The molecule has 0 aliphatic heterocycles. The number of hydrogen-bond acceptors (Lipinski definition) is 4. The van der Waals surface area contributed by atoms with E-state index in [0.29, 0.717) is 18.1 Å². The molecule has 14 heavy (non-hydrogen) atoms. The van der Waals surface area contributed by atoms with Crippen LogP contribution in [0.5, 0.6) is 0 Å². The number of nitrogens with one attached hydrogen (secondary N) is 1. The number of rotatable bonds is 4. The van der Waals surface area contributed by atoms with Crippen molar-refractivity contribution in [3.8, 4) is 0 Å². The lowest BCUT2D eigenvalue weighted by atomic mass is 10.2. The van der Waals surface area contributed by atoms with Crippen LogP contribution in [0.25, 0.3) is 0 Å². The maximum absolute atomic E-state index is 10.8. The van der Waals surface area contributed by atoms with Crippen LogP contribution in [0.4, 0.5) is 11.5 Å². The average molecular weight is 195 g/mol. The van der Waals surface area contributed by atoms with Crippen LogP contribution in [0.1, 0.15) is 23.7 Å². The van der Waals surface area contributed by atoms with E-state index in [1.807, 2.05) is 6.92 Å². The predicted molar refractivity (Wildman–Crippen MR) is 54.4 cm³/mol. The molecule has 4 N–H and O–H groups in total. The van der Waals surface area contributed by atoms with Gasteiger partial charge in [-0.2, -0.15) is 0 Å². The molecule has 0 amide bonds. The molecule has 0 bridgehead atoms. The quantitative estimate of drug-likeness (QED) is 0.671. The smallest absolute Gasteiger partial charge is 0.339 e. The van der Waals surface area contributed by atoms with Gasteiger partial charge in [-0.3, -0.25) is 0 Å². The highest BCUT2D eigenvalue weighted by molar-refractivity contribution is 5.94. The SMILES string of the molecule is CCCNc1ncc(N)cc1C(=O)O. The molecule has 0 aromatic carbocycles. The zero-order chi connectivity index (χ0) is 10.6. The van der Waals surface area contributed by atoms with Crippen molar-refractivity contribution >= 4 is 17.5 Å². The van der Waals surface area contributed by atoms with E-state index < -0.39 is 5.97 Å². The van der Waals surface area contributed by atoms with Crippen LogP contribution in [-0.4, -0.2) is 22.6 Å². The summed E-state index contributed by atoms with van der Waals surface area (Å²) < 4.78 is 0. The average Bonchev–Trinajstić information content (AvgIpc) is 2.15. The predicted octanol–water partition coefficient (Wildman–Crippen LogP) is 1.18. The van der Waals surface area contributed by atoms with Crippen molar-refractivity contribution < 1.29 is 9.90 Å². The van der Waals surface area contributed by atoms with Crippen molar-refractivity contribution in [1.29, 1.82) is 0 Å². The van der Waals surface area contributed by atoms with Gasteiger partial charge in [-0.15, -0.1) is 0 Å². The molecular weight excluding hydrogens is 182 g/mol. The molecule has 0 spiro atoms. The number of carbonyl (C=O) groups is 1. The molecule has 0 saturated heterocycles. The van der Waals surface area contributed by atoms with Crippen molar-refractivity contribution in [2.45, 2.75) is 13.3 Å². The number of aromatic carboxylic acids is 1. The number of nitrogen functional groups attached to an aromatic ring is 1. The summed E-state index contributed by atoms with van der Waals surface area (Å²) in [6.07, 6.45) is 2.34. The first-order valence-corrected chi connectivity index (χ1v) is 4.37. The minimum Gasteiger partial charge on any atom is -0.478 e. The summed E-state index contributed by atoms with van der Waals surface area (Å²) in [6, 6.07) is 1.40. The number of nitrogens with two attached hydrogens (primary N) is 1. The van der Waals surface area contributed by atoms with Crippen LogP contribution in [0.15, 0.2) is 12.3 Å². The summed E-state index contributed by atoms with van der Waals surface area (Å²) in [5.41, 5.74) is 5.90. The largest absolute Gasteiger partial charge is 0.478 e. The summed E-state index contributed by atoms with van der Waals surface area (Å²) in [6.45, 7) is 2.68. The third-order valence-corrected chi connectivity index (χ3v) is 1.68. The second kappa shape index (κ2) is 4.45. The van der Waals surface area contributed by atoms with Crippen molar-refractivity contribution in [2.24, 2.45) is 0 Å². The fraction of sp³-hybridized carbons (Fsp3) is 0.333. The van der Waals surface area contributed by atoms with Gasteiger partial charge in [-0.05, 0) is 12.5 Å². The third kappa shape index (κ3) is 2.35. The molecule has 0 radical (unpaired) electrons. The van der Waals surface area contributed by atoms with Gasteiger partial charge in [-0.1, -0.05) is 6.92 Å². The van der Waals surface area contributed by atoms with Gasteiger partial charge < -0.3 is 16.2 Å². The van der Waals surface area contributed by atoms with Crippen LogP contribution in [0.3, 0.4) is 0 Å². The van der Waals surface area contributed by atoms with E-state index in [0.717, 1.165) is 6.42 Å². The first-order valence-electron chi connectivity index (χ1n) is 4.37. The zero-order valence-electron chi connectivity index (χ0n) is 7.95. The number of anilines is 2. The molecule has 0 saturated carbocycles. The van der Waals surface area contributed by atoms with Crippen molar-refractivity contribution in [3.63, 3.8) is 0 Å². The Balaban J connectivity index is 2.96. The van der Waals surface area contributed by atoms with Gasteiger partial charge in [-0.25, -0.2) is 9.78 Å². The molecule has 5 heteroatoms. The lowest BCUT2D eigenvalue weighted by Gasteiger charge is -2.07. The van der Waals surface area contributed by atoms with Gasteiger partial charge in [0.15, 0.2) is 0 Å². The Bertz CT molecular complexity index is 339. The summed E-state index contributed by atoms with van der Waals surface area (Å²) >= 11 is 0. The Kier molecular flexibility index (Phi) is 3.28. The van der Waals surface area contributed by atoms with Crippen molar-refractivity contribution in [2.75, 3.05) is 17.6 Å². The van der Waals surface area contributed by atoms with Crippen molar-refractivity contribution in [3.05, 3.63) is 17.8 Å². The van der Waals surface area contributed by atoms with Crippen LogP contribution >= 0.6 is 0 Å². The van der Waals surface area contributed by atoms with E-state index in [1.54, 1.807) is 0 Å². The molecule has 1 aromatic rings. The van der Waals surface area contributed by atoms with E-state index in [-0.39, 0.29) is 5.56 Å². The van der Waals surface area contributed by atoms with Crippen LogP contribution in [-0.2, 0) is 0 Å². The Labute approximate surface area is 82.0 Å². The highest BCUT2D eigenvalue weighted by Gasteiger charge is 2.10. The first-order chi connectivity index (χ1) is 6.65. The van der Waals surface area contributed by atoms with Gasteiger partial charge in [0.05, 0.1) is 11.9 Å². The van der Waals surface area contributed by atoms with E-state index in [2.05, 4.69) is 10.3 Å². The summed E-state index contributed by atoms with van der Waals surface area (Å²) in [5, 5.41) is 11.8. The molecule has 0 unspecified atom stereocenters. The Hall–Kier alpha value is -1.78. The highest BCUT2D eigenvalue weighted by Crippen LogP contribution is 2.15. The number of carboxylic acids is 1. The van der Waals surface area contributed by atoms with Gasteiger partial charge >= 0.3 is 5.97 Å². The second-order valence-corrected chi connectivity index (χ2v) is 2.90. The monoisotopic (exact) mass is 195 g/mol. The van der Waals surface area contributed by atoms with Gasteiger partial charge in [0.2, 0.25) is 0 Å². The minimum atomic E-state index is -1.02. The van der Waals surface area contributed by atoms with E-state index in [9.17, 15) is 4.79 Å². The highest BCUT2D eigenvalue weighted by atomic mass is 16.4. The number of aromatic nitrogens is 1. The molecular formula is C9H13N3O2. The number of pyridine rings is 1. The molecule has 76 valence electrons. The summed E-state index contributed by atoms with van der Waals surface area (Å²) in [4.78, 5) is 14.7. The Morgan fingerprint density at radius 3 is 3.00 bits per heavy atom. The zero-order valence-corrected chi connectivity index (χ0v) is 7.95. The first kappa shape index (κ1) is 10.3. The van der Waals surface area contributed by atoms with E-state index in [1.165, 1.54) is 12.3 Å². The number of carboxylic acid groups (broad SMARTS) is 1. The van der Waals surface area contributed by atoms with E-state index in [4.69, 9.17) is 10.8 Å². The maximum Gasteiger partial charge on any atom is 0.339 e. The topological polar surface area (TPSA) is 88.2 Å². The van der Waals surface area contributed by atoms with Crippen LogP contribution in [0.2, 0.25) is 0 Å². The van der Waals surface area contributed by atoms with Crippen LogP contribution in [0, 0.1) is 0 Å². The number of nitrogens with zero attached hydrogens (tertiary/aromatic N) is 1. The maximum atomic E-state index is 10.8. The third-order valence-electron chi connectivity index (χ3n) is 1.68. The molecule has 1 heterocycles. The molecule has 0 atom stereocenters. The molecule has 0 fully saturated rings. The summed E-state index contributed by atoms with van der Waals surface area (Å²) in [7, 11) is 0. The molecule has 5 nitrogen and oxygen atoms in total. The van der Waals surface area contributed by atoms with Gasteiger partial charge in [0, 0.05) is 6.54 Å². The Morgan fingerprint density at radius 1 is 1.71 bits per heavy atom. The molecule has 0 aliphatic rings. The molecule has 1 rings (SSSR count). The van der Waals surface area contributed by atoms with Crippen molar-refractivity contribution in [1.82, 2.24) is 4.98 Å². The van der Waals surface area contributed by atoms with E-state index >= 15 is 0 Å². The standard InChI is InChI=1S/C9H13N3O2/c1-2-3-11-8-7(9(13)14)4-6(10)5-12-8/h4-5H,2-3,10H2,1H3,(H,11,12)(H,13,14). The molecule has 1 aromatic heterocycles. The fourth-order valence-corrected chi connectivity index (χ4v) is 1.03. The second-order valence-electron chi connectivity index (χ2n) is 2.90. The lowest BCUT2D eigenvalue weighted by Crippen LogP contribution is -2.09. The summed E-state index contributed by atoms with van der Waals surface area (Å²) in [5.74, 6) is -0.656. The molecule has 0 aliphatic carbocycles. The Morgan fingerprint density at radius 2 is 2.43 bits per heavy atom. The van der Waals surface area contributed by atoms with Gasteiger partial charge in [0.1, 0.15) is 11.4 Å². The number of hydrogen-bond donors (Lipinski definition) is 3. The fourth-order valence-electron chi connectivity index (χ4n) is 1.03. The normalized spacial score (nSPS) is 9.79.